The average Bonchev–Trinajstić information content (AvgIpc) is 3.09. The monoisotopic (exact) mass is 310 g/mol. The van der Waals surface area contributed by atoms with Gasteiger partial charge in [-0.3, -0.25) is 0 Å². The van der Waals surface area contributed by atoms with Crippen molar-refractivity contribution in [2.45, 2.75) is 13.1 Å². The summed E-state index contributed by atoms with van der Waals surface area (Å²) >= 11 is 1.48. The second kappa shape index (κ2) is 6.79. The SMILES string of the molecule is CN(Cc1cscn1)C(=O)NCCn1cc(C(=O)O)nn1. The lowest BCUT2D eigenvalue weighted by Gasteiger charge is -2.16. The number of amides is 2. The van der Waals surface area contributed by atoms with Crippen molar-refractivity contribution in [3.05, 3.63) is 28.5 Å². The van der Waals surface area contributed by atoms with Gasteiger partial charge in [-0.05, 0) is 0 Å². The maximum atomic E-state index is 11.8. The molecule has 2 heterocycles. The Morgan fingerprint density at radius 3 is 2.95 bits per heavy atom. The lowest BCUT2D eigenvalue weighted by molar-refractivity contribution is 0.0690. The van der Waals surface area contributed by atoms with Gasteiger partial charge < -0.3 is 15.3 Å². The topological polar surface area (TPSA) is 113 Å². The van der Waals surface area contributed by atoms with Gasteiger partial charge in [0.2, 0.25) is 0 Å². The highest BCUT2D eigenvalue weighted by molar-refractivity contribution is 7.07. The number of carbonyl (C=O) groups excluding carboxylic acids is 1. The smallest absolute Gasteiger partial charge is 0.358 e. The van der Waals surface area contributed by atoms with Crippen LogP contribution in [0.2, 0.25) is 0 Å². The number of urea groups is 1. The van der Waals surface area contributed by atoms with Gasteiger partial charge in [0.1, 0.15) is 0 Å². The van der Waals surface area contributed by atoms with E-state index in [1.807, 2.05) is 5.38 Å². The molecule has 0 radical (unpaired) electrons. The molecule has 0 atom stereocenters. The van der Waals surface area contributed by atoms with Crippen LogP contribution in [-0.4, -0.2) is 55.6 Å². The quantitative estimate of drug-likeness (QED) is 0.792. The lowest BCUT2D eigenvalue weighted by atomic mass is 10.4. The fourth-order valence-corrected chi connectivity index (χ4v) is 2.10. The number of rotatable bonds is 6. The number of aromatic carboxylic acids is 1. The molecule has 2 aromatic rings. The molecule has 0 aliphatic carbocycles. The van der Waals surface area contributed by atoms with Crippen molar-refractivity contribution in [3.63, 3.8) is 0 Å². The summed E-state index contributed by atoms with van der Waals surface area (Å²) in [6, 6.07) is -0.235. The van der Waals surface area contributed by atoms with Crippen molar-refractivity contribution in [1.82, 2.24) is 30.2 Å². The van der Waals surface area contributed by atoms with Crippen LogP contribution >= 0.6 is 11.3 Å². The van der Waals surface area contributed by atoms with E-state index in [9.17, 15) is 9.59 Å². The van der Waals surface area contributed by atoms with Gasteiger partial charge in [0, 0.05) is 19.0 Å². The summed E-state index contributed by atoms with van der Waals surface area (Å²) in [6.45, 7) is 1.10. The molecule has 0 aliphatic heterocycles. The van der Waals surface area contributed by atoms with E-state index in [0.29, 0.717) is 19.6 Å². The fraction of sp³-hybridized carbons (Fsp3) is 0.364. The van der Waals surface area contributed by atoms with Crippen molar-refractivity contribution in [3.8, 4) is 0 Å². The maximum Gasteiger partial charge on any atom is 0.358 e. The van der Waals surface area contributed by atoms with Crippen LogP contribution in [0.5, 0.6) is 0 Å². The third kappa shape index (κ3) is 4.24. The lowest BCUT2D eigenvalue weighted by Crippen LogP contribution is -2.38. The summed E-state index contributed by atoms with van der Waals surface area (Å²) in [5, 5.41) is 20.4. The Morgan fingerprint density at radius 2 is 2.33 bits per heavy atom. The standard InChI is InChI=1S/C11H14N6O3S/c1-16(4-8-6-21-7-13-8)11(20)12-2-3-17-5-9(10(18)19)14-15-17/h5-7H,2-4H2,1H3,(H,12,20)(H,18,19). The molecule has 0 bridgehead atoms. The van der Waals surface area contributed by atoms with Gasteiger partial charge in [-0.1, -0.05) is 5.21 Å². The van der Waals surface area contributed by atoms with E-state index in [-0.39, 0.29) is 11.7 Å². The van der Waals surface area contributed by atoms with Gasteiger partial charge in [0.15, 0.2) is 5.69 Å². The maximum absolute atomic E-state index is 11.8. The van der Waals surface area contributed by atoms with Crippen LogP contribution in [0.15, 0.2) is 17.1 Å². The summed E-state index contributed by atoms with van der Waals surface area (Å²) in [5.74, 6) is -1.13. The van der Waals surface area contributed by atoms with E-state index in [4.69, 9.17) is 5.11 Å². The summed E-state index contributed by atoms with van der Waals surface area (Å²) in [5.41, 5.74) is 2.42. The molecule has 0 unspecified atom stereocenters. The first-order chi connectivity index (χ1) is 10.1. The minimum atomic E-state index is -1.13. The molecule has 2 amide bonds. The zero-order chi connectivity index (χ0) is 15.2. The van der Waals surface area contributed by atoms with Crippen LogP contribution in [0.3, 0.4) is 0 Å². The minimum absolute atomic E-state index is 0.123. The van der Waals surface area contributed by atoms with Crippen molar-refractivity contribution in [2.24, 2.45) is 0 Å². The Kier molecular flexibility index (Phi) is 4.82. The van der Waals surface area contributed by atoms with E-state index < -0.39 is 5.97 Å². The molecule has 112 valence electrons. The summed E-state index contributed by atoms with van der Waals surface area (Å²) in [4.78, 5) is 28.1. The first-order valence-electron chi connectivity index (χ1n) is 6.05. The zero-order valence-electron chi connectivity index (χ0n) is 11.3. The van der Waals surface area contributed by atoms with Crippen LogP contribution in [0.25, 0.3) is 0 Å². The average molecular weight is 310 g/mol. The van der Waals surface area contributed by atoms with Crippen molar-refractivity contribution >= 4 is 23.3 Å². The van der Waals surface area contributed by atoms with E-state index >= 15 is 0 Å². The number of nitrogens with one attached hydrogen (secondary N) is 1. The molecule has 2 N–H and O–H groups in total. The van der Waals surface area contributed by atoms with E-state index in [0.717, 1.165) is 5.69 Å². The number of thiazole rings is 1. The number of aromatic nitrogens is 4. The molecule has 10 heteroatoms. The van der Waals surface area contributed by atoms with E-state index in [1.54, 1.807) is 12.6 Å². The minimum Gasteiger partial charge on any atom is -0.476 e. The Labute approximate surface area is 124 Å². The molecule has 2 aromatic heterocycles. The van der Waals surface area contributed by atoms with Crippen LogP contribution in [0.1, 0.15) is 16.2 Å². The number of carboxylic acids is 1. The highest BCUT2D eigenvalue weighted by Crippen LogP contribution is 2.03. The number of hydrogen-bond donors (Lipinski definition) is 2. The first-order valence-corrected chi connectivity index (χ1v) is 7.00. The van der Waals surface area contributed by atoms with Crippen LogP contribution < -0.4 is 5.32 Å². The van der Waals surface area contributed by atoms with Gasteiger partial charge in [-0.2, -0.15) is 0 Å². The summed E-state index contributed by atoms with van der Waals surface area (Å²) in [6.07, 6.45) is 1.31. The molecule has 21 heavy (non-hydrogen) atoms. The van der Waals surface area contributed by atoms with Crippen LogP contribution in [0, 0.1) is 0 Å². The normalized spacial score (nSPS) is 10.3. The summed E-state index contributed by atoms with van der Waals surface area (Å²) in [7, 11) is 1.67. The number of hydrogen-bond acceptors (Lipinski definition) is 6. The zero-order valence-corrected chi connectivity index (χ0v) is 12.1. The predicted molar refractivity (Wildman–Crippen MR) is 74.0 cm³/mol. The molecular weight excluding hydrogens is 296 g/mol. The Bertz CT molecular complexity index is 611. The van der Waals surface area contributed by atoms with Crippen LogP contribution in [-0.2, 0) is 13.1 Å². The number of carbonyl (C=O) groups is 2. The third-order valence-electron chi connectivity index (χ3n) is 2.60. The Balaban J connectivity index is 1.74. The molecule has 2 rings (SSSR count). The number of carboxylic acid groups (broad SMARTS) is 1. The predicted octanol–water partition coefficient (Wildman–Crippen LogP) is 0.274. The second-order valence-electron chi connectivity index (χ2n) is 4.24. The van der Waals surface area contributed by atoms with E-state index in [1.165, 1.54) is 27.1 Å². The van der Waals surface area contributed by atoms with Crippen molar-refractivity contribution in [1.29, 1.82) is 0 Å². The fourth-order valence-electron chi connectivity index (χ4n) is 1.55. The van der Waals surface area contributed by atoms with Gasteiger partial charge in [0.25, 0.3) is 0 Å². The molecule has 0 fully saturated rings. The molecule has 0 aliphatic rings. The van der Waals surface area contributed by atoms with E-state index in [2.05, 4.69) is 20.6 Å². The molecular formula is C11H14N6O3S. The molecule has 9 nitrogen and oxygen atoms in total. The molecule has 0 saturated carbocycles. The third-order valence-corrected chi connectivity index (χ3v) is 3.24. The van der Waals surface area contributed by atoms with Gasteiger partial charge in [-0.15, -0.1) is 16.4 Å². The molecule has 0 spiro atoms. The highest BCUT2D eigenvalue weighted by Gasteiger charge is 2.11. The number of nitrogens with zero attached hydrogens (tertiary/aromatic N) is 5. The van der Waals surface area contributed by atoms with Gasteiger partial charge in [-0.25, -0.2) is 19.3 Å². The second-order valence-corrected chi connectivity index (χ2v) is 4.96. The molecule has 0 aromatic carbocycles. The van der Waals surface area contributed by atoms with Gasteiger partial charge in [0.05, 0.1) is 30.5 Å². The van der Waals surface area contributed by atoms with Crippen molar-refractivity contribution in [2.75, 3.05) is 13.6 Å². The Hall–Kier alpha value is -2.49. The first kappa shape index (κ1) is 14.9. The van der Waals surface area contributed by atoms with Crippen molar-refractivity contribution < 1.29 is 14.7 Å². The summed E-state index contributed by atoms with van der Waals surface area (Å²) < 4.78 is 1.37. The largest absolute Gasteiger partial charge is 0.476 e. The Morgan fingerprint density at radius 1 is 1.52 bits per heavy atom. The van der Waals surface area contributed by atoms with Gasteiger partial charge >= 0.3 is 12.0 Å². The molecule has 0 saturated heterocycles. The van der Waals surface area contributed by atoms with Crippen LogP contribution in [0.4, 0.5) is 4.79 Å². The highest BCUT2D eigenvalue weighted by atomic mass is 32.1.